The van der Waals surface area contributed by atoms with Crippen LogP contribution in [0.1, 0.15) is 48.1 Å². The average molecular weight is 515 g/mol. The van der Waals surface area contributed by atoms with Crippen LogP contribution in [-0.4, -0.2) is 51.6 Å². The predicted molar refractivity (Wildman–Crippen MR) is 128 cm³/mol. The van der Waals surface area contributed by atoms with E-state index in [0.29, 0.717) is 11.3 Å². The summed E-state index contributed by atoms with van der Waals surface area (Å²) in [5.41, 5.74) is 1.35. The molecule has 12 heteroatoms. The fourth-order valence-electron chi connectivity index (χ4n) is 3.32. The van der Waals surface area contributed by atoms with Crippen LogP contribution in [-0.2, 0) is 11.3 Å². The summed E-state index contributed by atoms with van der Waals surface area (Å²) in [5.74, 6) is -2.88. The highest BCUT2D eigenvalue weighted by Gasteiger charge is 2.25. The van der Waals surface area contributed by atoms with Crippen LogP contribution < -0.4 is 16.0 Å². The number of phenolic OH excluding ortho intramolecular Hbond substituents is 1. The van der Waals surface area contributed by atoms with Crippen molar-refractivity contribution in [1.82, 2.24) is 21.1 Å². The molecule has 0 spiro atoms. The van der Waals surface area contributed by atoms with E-state index in [-0.39, 0.29) is 39.8 Å². The summed E-state index contributed by atoms with van der Waals surface area (Å²) in [5, 5.41) is 30.0. The molecule has 1 atom stereocenters. The maximum absolute atomic E-state index is 12.7. The van der Waals surface area contributed by atoms with Crippen LogP contribution in [0.4, 0.5) is 0 Å². The van der Waals surface area contributed by atoms with Gasteiger partial charge in [-0.2, -0.15) is 0 Å². The standard InChI is InChI=1S/C24H23ClN4O7/c1-12-20(13(2)36-29-12)23(33)27-11-19(24(34)35)28-22(32)17-7-6-15(9-18(17)25)21(31)26-10-14-4-3-5-16(30)8-14/h3-9,19,30H,10-11H2,1-2H3,(H,26,31)(H,27,33)(H,28,32)(H,34,35)/t19-/m0/s1. The molecule has 188 valence electrons. The fraction of sp³-hybridized carbons (Fsp3) is 0.208. The molecule has 36 heavy (non-hydrogen) atoms. The summed E-state index contributed by atoms with van der Waals surface area (Å²) < 4.78 is 4.93. The van der Waals surface area contributed by atoms with E-state index in [9.17, 15) is 29.4 Å². The Labute approximate surface area is 210 Å². The fourth-order valence-corrected chi connectivity index (χ4v) is 3.58. The number of nitrogens with one attached hydrogen (secondary N) is 3. The lowest BCUT2D eigenvalue weighted by Crippen LogP contribution is -2.48. The molecule has 0 fully saturated rings. The number of hydrogen-bond acceptors (Lipinski definition) is 7. The molecule has 11 nitrogen and oxygen atoms in total. The highest BCUT2D eigenvalue weighted by molar-refractivity contribution is 6.34. The molecular weight excluding hydrogens is 492 g/mol. The van der Waals surface area contributed by atoms with Crippen LogP contribution in [0.3, 0.4) is 0 Å². The summed E-state index contributed by atoms with van der Waals surface area (Å²) in [6.07, 6.45) is 0. The molecule has 0 aliphatic heterocycles. The third-order valence-corrected chi connectivity index (χ3v) is 5.48. The average Bonchev–Trinajstić information content (AvgIpc) is 3.17. The van der Waals surface area contributed by atoms with Crippen LogP contribution in [0, 0.1) is 13.8 Å². The van der Waals surface area contributed by atoms with Crippen molar-refractivity contribution in [2.75, 3.05) is 6.54 Å². The number of aryl methyl sites for hydroxylation is 2. The monoisotopic (exact) mass is 514 g/mol. The van der Waals surface area contributed by atoms with Gasteiger partial charge in [0.1, 0.15) is 23.1 Å². The molecule has 0 saturated heterocycles. The Balaban J connectivity index is 1.62. The van der Waals surface area contributed by atoms with E-state index in [4.69, 9.17) is 16.1 Å². The molecular formula is C24H23ClN4O7. The number of carboxylic acids is 1. The molecule has 0 aliphatic rings. The van der Waals surface area contributed by atoms with Gasteiger partial charge in [-0.15, -0.1) is 0 Å². The molecule has 3 amide bonds. The van der Waals surface area contributed by atoms with Crippen molar-refractivity contribution in [3.63, 3.8) is 0 Å². The summed E-state index contributed by atoms with van der Waals surface area (Å²) in [6, 6.07) is 8.89. The van der Waals surface area contributed by atoms with E-state index >= 15 is 0 Å². The molecule has 0 saturated carbocycles. The number of aliphatic carboxylic acids is 1. The number of hydrogen-bond donors (Lipinski definition) is 5. The van der Waals surface area contributed by atoms with Crippen molar-refractivity contribution in [3.05, 3.63) is 81.2 Å². The highest BCUT2D eigenvalue weighted by Crippen LogP contribution is 2.19. The van der Waals surface area contributed by atoms with Gasteiger partial charge in [0, 0.05) is 18.7 Å². The predicted octanol–water partition coefficient (Wildman–Crippen LogP) is 2.19. The van der Waals surface area contributed by atoms with Crippen molar-refractivity contribution >= 4 is 35.3 Å². The molecule has 3 rings (SSSR count). The lowest BCUT2D eigenvalue weighted by molar-refractivity contribution is -0.139. The third kappa shape index (κ3) is 6.39. The molecule has 1 aromatic heterocycles. The number of carbonyl (C=O) groups is 4. The van der Waals surface area contributed by atoms with Gasteiger partial charge in [0.05, 0.1) is 16.3 Å². The van der Waals surface area contributed by atoms with Gasteiger partial charge in [-0.25, -0.2) is 4.79 Å². The van der Waals surface area contributed by atoms with Crippen molar-refractivity contribution < 1.29 is 33.9 Å². The first-order chi connectivity index (χ1) is 17.1. The number of aromatic nitrogens is 1. The second kappa shape index (κ2) is 11.4. The number of rotatable bonds is 9. The Morgan fingerprint density at radius 2 is 1.78 bits per heavy atom. The quantitative estimate of drug-likeness (QED) is 0.289. The van der Waals surface area contributed by atoms with Gasteiger partial charge in [-0.1, -0.05) is 28.9 Å². The highest BCUT2D eigenvalue weighted by atomic mass is 35.5. The minimum atomic E-state index is -1.46. The molecule has 0 radical (unpaired) electrons. The molecule has 0 unspecified atom stereocenters. The first kappa shape index (κ1) is 26.2. The second-order valence-electron chi connectivity index (χ2n) is 7.82. The van der Waals surface area contributed by atoms with Crippen LogP contribution >= 0.6 is 11.6 Å². The number of aromatic hydroxyl groups is 1. The van der Waals surface area contributed by atoms with Crippen LogP contribution in [0.5, 0.6) is 5.75 Å². The molecule has 5 N–H and O–H groups in total. The van der Waals surface area contributed by atoms with Crippen molar-refractivity contribution in [1.29, 1.82) is 0 Å². The Morgan fingerprint density at radius 1 is 1.03 bits per heavy atom. The molecule has 0 bridgehead atoms. The maximum atomic E-state index is 12.7. The molecule has 1 heterocycles. The van der Waals surface area contributed by atoms with E-state index in [1.807, 2.05) is 0 Å². The summed E-state index contributed by atoms with van der Waals surface area (Å²) >= 11 is 6.19. The van der Waals surface area contributed by atoms with Gasteiger partial charge in [-0.3, -0.25) is 14.4 Å². The minimum absolute atomic E-state index is 0.0514. The summed E-state index contributed by atoms with van der Waals surface area (Å²) in [7, 11) is 0. The number of phenols is 1. The zero-order chi connectivity index (χ0) is 26.4. The lowest BCUT2D eigenvalue weighted by atomic mass is 10.1. The Morgan fingerprint density at radius 3 is 2.39 bits per heavy atom. The molecule has 2 aromatic carbocycles. The zero-order valence-electron chi connectivity index (χ0n) is 19.3. The van der Waals surface area contributed by atoms with Crippen LogP contribution in [0.2, 0.25) is 5.02 Å². The van der Waals surface area contributed by atoms with Gasteiger partial charge < -0.3 is 30.7 Å². The van der Waals surface area contributed by atoms with Crippen molar-refractivity contribution in [2.24, 2.45) is 0 Å². The normalized spacial score (nSPS) is 11.4. The van der Waals surface area contributed by atoms with Crippen LogP contribution in [0.15, 0.2) is 47.0 Å². The lowest BCUT2D eigenvalue weighted by Gasteiger charge is -2.16. The smallest absolute Gasteiger partial charge is 0.328 e. The minimum Gasteiger partial charge on any atom is -0.508 e. The maximum Gasteiger partial charge on any atom is 0.328 e. The SMILES string of the molecule is Cc1noc(C)c1C(=O)NC[C@H](NC(=O)c1ccc(C(=O)NCc2cccc(O)c2)cc1Cl)C(=O)O. The number of amides is 3. The number of nitrogens with zero attached hydrogens (tertiary/aromatic N) is 1. The summed E-state index contributed by atoms with van der Waals surface area (Å²) in [4.78, 5) is 49.1. The first-order valence-electron chi connectivity index (χ1n) is 10.7. The van der Waals surface area contributed by atoms with Crippen molar-refractivity contribution in [2.45, 2.75) is 26.4 Å². The van der Waals surface area contributed by atoms with Gasteiger partial charge in [0.25, 0.3) is 17.7 Å². The van der Waals surface area contributed by atoms with Gasteiger partial charge in [0.15, 0.2) is 0 Å². The first-order valence-corrected chi connectivity index (χ1v) is 11.0. The second-order valence-corrected chi connectivity index (χ2v) is 8.23. The Kier molecular flexibility index (Phi) is 8.28. The zero-order valence-corrected chi connectivity index (χ0v) is 20.0. The largest absolute Gasteiger partial charge is 0.508 e. The van der Waals surface area contributed by atoms with E-state index in [0.717, 1.165) is 0 Å². The Bertz CT molecular complexity index is 1300. The Hall–Kier alpha value is -4.38. The number of carbonyl (C=O) groups excluding carboxylic acids is 3. The van der Waals surface area contributed by atoms with Gasteiger partial charge >= 0.3 is 5.97 Å². The van der Waals surface area contributed by atoms with Crippen LogP contribution in [0.25, 0.3) is 0 Å². The molecule has 3 aromatic rings. The number of benzene rings is 2. The summed E-state index contributed by atoms with van der Waals surface area (Å²) in [6.45, 7) is 2.87. The van der Waals surface area contributed by atoms with E-state index < -0.39 is 36.3 Å². The third-order valence-electron chi connectivity index (χ3n) is 5.17. The topological polar surface area (TPSA) is 171 Å². The molecule has 0 aliphatic carbocycles. The number of carboxylic acid groups (broad SMARTS) is 1. The van der Waals surface area contributed by atoms with Crippen molar-refractivity contribution in [3.8, 4) is 5.75 Å². The van der Waals surface area contributed by atoms with Gasteiger partial charge in [-0.05, 0) is 49.7 Å². The number of halogens is 1. The van der Waals surface area contributed by atoms with E-state index in [2.05, 4.69) is 21.1 Å². The van der Waals surface area contributed by atoms with E-state index in [1.54, 1.807) is 26.0 Å². The van der Waals surface area contributed by atoms with Gasteiger partial charge in [0.2, 0.25) is 0 Å². The van der Waals surface area contributed by atoms with E-state index in [1.165, 1.54) is 30.3 Å².